The van der Waals surface area contributed by atoms with Crippen molar-refractivity contribution in [3.05, 3.63) is 94.3 Å². The highest BCUT2D eigenvalue weighted by molar-refractivity contribution is 5.74. The van der Waals surface area contributed by atoms with Crippen molar-refractivity contribution < 1.29 is 0 Å². The fraction of sp³-hybridized carbons (Fsp3) is 0.333. The molecule has 0 spiro atoms. The molecule has 3 aromatic heterocycles. The van der Waals surface area contributed by atoms with E-state index in [4.69, 9.17) is 10.1 Å². The van der Waals surface area contributed by atoms with Gasteiger partial charge in [-0.3, -0.25) is 9.13 Å². The highest BCUT2D eigenvalue weighted by atomic mass is 16.1. The Labute approximate surface area is 222 Å². The van der Waals surface area contributed by atoms with Crippen LogP contribution in [0.3, 0.4) is 0 Å². The number of nitrogens with zero attached hydrogens (tertiary/aromatic N) is 6. The first kappa shape index (κ1) is 24.3. The number of nitrogens with one attached hydrogen (secondary N) is 1. The summed E-state index contributed by atoms with van der Waals surface area (Å²) in [6.07, 6.45) is 6.05. The minimum Gasteiger partial charge on any atom is -0.317 e. The van der Waals surface area contributed by atoms with Crippen molar-refractivity contribution in [1.29, 1.82) is 0 Å². The molecule has 1 aliphatic heterocycles. The Morgan fingerprint density at radius 3 is 2.55 bits per heavy atom. The lowest BCUT2D eigenvalue weighted by Gasteiger charge is -2.20. The molecule has 1 saturated heterocycles. The molecule has 1 fully saturated rings. The lowest BCUT2D eigenvalue weighted by Crippen LogP contribution is -2.26. The van der Waals surface area contributed by atoms with Gasteiger partial charge >= 0.3 is 5.69 Å². The molecular weight excluding hydrogens is 474 g/mol. The summed E-state index contributed by atoms with van der Waals surface area (Å²) in [5, 5.41) is 8.26. The van der Waals surface area contributed by atoms with E-state index in [1.807, 2.05) is 29.1 Å². The standard InChI is InChI=1S/C30H33N7O/c1-20(2)24-6-4-5-7-25(24)28-32-18-27-29(33-28)36(30(38)35(27)3)19-21-8-10-23(11-9-21)37-17-14-26(34-37)22-12-15-31-16-13-22/h4-11,14,17-18,20,22,31H,12-13,15-16,19H2,1-3H3. The molecule has 1 N–H and O–H groups in total. The molecule has 0 radical (unpaired) electrons. The predicted octanol–water partition coefficient (Wildman–Crippen LogP) is 4.62. The van der Waals surface area contributed by atoms with Crippen molar-refractivity contribution >= 4 is 11.2 Å². The molecule has 8 heteroatoms. The lowest BCUT2D eigenvalue weighted by molar-refractivity contribution is 0.451. The molecule has 0 saturated carbocycles. The van der Waals surface area contributed by atoms with Crippen LogP contribution in [0.25, 0.3) is 28.2 Å². The molecule has 0 aliphatic carbocycles. The number of imidazole rings is 1. The van der Waals surface area contributed by atoms with Crippen LogP contribution >= 0.6 is 0 Å². The van der Waals surface area contributed by atoms with Crippen LogP contribution in [-0.4, -0.2) is 42.0 Å². The van der Waals surface area contributed by atoms with E-state index in [2.05, 4.69) is 60.5 Å². The average Bonchev–Trinajstić information content (AvgIpc) is 3.54. The van der Waals surface area contributed by atoms with Crippen LogP contribution in [0.4, 0.5) is 0 Å². The Kier molecular flexibility index (Phi) is 6.41. The second kappa shape index (κ2) is 10.0. The highest BCUT2D eigenvalue weighted by Gasteiger charge is 2.19. The van der Waals surface area contributed by atoms with Crippen molar-refractivity contribution in [1.82, 2.24) is 34.2 Å². The number of benzene rings is 2. The quantitative estimate of drug-likeness (QED) is 0.363. The molecule has 4 heterocycles. The monoisotopic (exact) mass is 507 g/mol. The molecule has 8 nitrogen and oxygen atoms in total. The van der Waals surface area contributed by atoms with Gasteiger partial charge in [-0.1, -0.05) is 50.2 Å². The maximum Gasteiger partial charge on any atom is 0.330 e. The van der Waals surface area contributed by atoms with E-state index in [0.717, 1.165) is 54.0 Å². The van der Waals surface area contributed by atoms with Gasteiger partial charge in [-0.15, -0.1) is 0 Å². The number of fused-ring (bicyclic) bond motifs is 1. The van der Waals surface area contributed by atoms with Gasteiger partial charge in [0.25, 0.3) is 0 Å². The summed E-state index contributed by atoms with van der Waals surface area (Å²) in [7, 11) is 1.77. The Morgan fingerprint density at radius 1 is 1.03 bits per heavy atom. The second-order valence-corrected chi connectivity index (χ2v) is 10.4. The number of rotatable bonds is 6. The molecule has 2 aromatic carbocycles. The van der Waals surface area contributed by atoms with Crippen LogP contribution in [-0.2, 0) is 13.6 Å². The van der Waals surface area contributed by atoms with Crippen LogP contribution in [0, 0.1) is 0 Å². The third kappa shape index (κ3) is 4.45. The van der Waals surface area contributed by atoms with Crippen LogP contribution in [0.2, 0.25) is 0 Å². The summed E-state index contributed by atoms with van der Waals surface area (Å²) in [5.74, 6) is 1.50. The third-order valence-electron chi connectivity index (χ3n) is 7.62. The summed E-state index contributed by atoms with van der Waals surface area (Å²) in [5.41, 5.74) is 6.64. The number of piperidine rings is 1. The van der Waals surface area contributed by atoms with E-state index in [1.54, 1.807) is 22.4 Å². The van der Waals surface area contributed by atoms with E-state index < -0.39 is 0 Å². The molecular formula is C30H33N7O. The van der Waals surface area contributed by atoms with Crippen molar-refractivity contribution in [2.45, 2.75) is 45.1 Å². The summed E-state index contributed by atoms with van der Waals surface area (Å²) >= 11 is 0. The maximum absolute atomic E-state index is 13.2. The molecule has 0 unspecified atom stereocenters. The first-order chi connectivity index (χ1) is 18.5. The zero-order valence-electron chi connectivity index (χ0n) is 22.1. The number of aryl methyl sites for hydroxylation is 1. The summed E-state index contributed by atoms with van der Waals surface area (Å²) in [6.45, 7) is 6.86. The maximum atomic E-state index is 13.2. The zero-order valence-corrected chi connectivity index (χ0v) is 22.1. The summed E-state index contributed by atoms with van der Waals surface area (Å²) < 4.78 is 5.29. The smallest absolute Gasteiger partial charge is 0.317 e. The van der Waals surface area contributed by atoms with E-state index in [1.165, 1.54) is 5.56 Å². The summed E-state index contributed by atoms with van der Waals surface area (Å²) in [6, 6.07) is 18.6. The molecule has 38 heavy (non-hydrogen) atoms. The van der Waals surface area contributed by atoms with E-state index in [0.29, 0.717) is 29.9 Å². The Balaban J connectivity index is 1.30. The van der Waals surface area contributed by atoms with Gasteiger partial charge in [0.1, 0.15) is 5.52 Å². The Hall–Kier alpha value is -4.04. The van der Waals surface area contributed by atoms with Crippen LogP contribution in [0.5, 0.6) is 0 Å². The van der Waals surface area contributed by atoms with Crippen molar-refractivity contribution in [3.8, 4) is 17.1 Å². The molecule has 6 rings (SSSR count). The molecule has 1 aliphatic rings. The number of hydrogen-bond donors (Lipinski definition) is 1. The molecule has 0 atom stereocenters. The topological polar surface area (TPSA) is 82.6 Å². The number of hydrogen-bond acceptors (Lipinski definition) is 5. The van der Waals surface area contributed by atoms with Crippen LogP contribution in [0.15, 0.2) is 71.8 Å². The molecule has 0 amide bonds. The first-order valence-electron chi connectivity index (χ1n) is 13.4. The fourth-order valence-electron chi connectivity index (χ4n) is 5.41. The molecule has 194 valence electrons. The predicted molar refractivity (Wildman–Crippen MR) is 150 cm³/mol. The van der Waals surface area contributed by atoms with Gasteiger partial charge in [0.15, 0.2) is 11.5 Å². The van der Waals surface area contributed by atoms with E-state index >= 15 is 0 Å². The Bertz CT molecular complexity index is 1640. The van der Waals surface area contributed by atoms with Crippen molar-refractivity contribution in [3.63, 3.8) is 0 Å². The zero-order chi connectivity index (χ0) is 26.2. The number of aromatic nitrogens is 6. The van der Waals surface area contributed by atoms with E-state index in [9.17, 15) is 4.79 Å². The SMILES string of the molecule is CC(C)c1ccccc1-c1ncc2c(n1)n(Cc1ccc(-n3ccc(C4CCNCC4)n3)cc1)c(=O)n2C. The van der Waals surface area contributed by atoms with Gasteiger partial charge in [0, 0.05) is 24.7 Å². The van der Waals surface area contributed by atoms with Gasteiger partial charge in [-0.2, -0.15) is 5.10 Å². The Morgan fingerprint density at radius 2 is 1.79 bits per heavy atom. The normalized spacial score (nSPS) is 14.5. The largest absolute Gasteiger partial charge is 0.330 e. The van der Waals surface area contributed by atoms with Crippen LogP contribution < -0.4 is 11.0 Å². The molecule has 5 aromatic rings. The molecule has 0 bridgehead atoms. The second-order valence-electron chi connectivity index (χ2n) is 10.4. The lowest BCUT2D eigenvalue weighted by atomic mass is 9.95. The van der Waals surface area contributed by atoms with Gasteiger partial charge < -0.3 is 5.32 Å². The van der Waals surface area contributed by atoms with Gasteiger partial charge in [-0.05, 0) is 61.2 Å². The van der Waals surface area contributed by atoms with Gasteiger partial charge in [0.2, 0.25) is 0 Å². The van der Waals surface area contributed by atoms with Crippen LogP contribution in [0.1, 0.15) is 55.3 Å². The average molecular weight is 508 g/mol. The minimum atomic E-state index is -0.105. The third-order valence-corrected chi connectivity index (χ3v) is 7.62. The fourth-order valence-corrected chi connectivity index (χ4v) is 5.41. The van der Waals surface area contributed by atoms with E-state index in [-0.39, 0.29) is 5.69 Å². The highest BCUT2D eigenvalue weighted by Crippen LogP contribution is 2.28. The van der Waals surface area contributed by atoms with Crippen molar-refractivity contribution in [2.24, 2.45) is 7.05 Å². The van der Waals surface area contributed by atoms with Gasteiger partial charge in [-0.25, -0.2) is 19.4 Å². The first-order valence-corrected chi connectivity index (χ1v) is 13.4. The minimum absolute atomic E-state index is 0.105. The summed E-state index contributed by atoms with van der Waals surface area (Å²) in [4.78, 5) is 22.7. The van der Waals surface area contributed by atoms with Gasteiger partial charge in [0.05, 0.1) is 24.1 Å². The van der Waals surface area contributed by atoms with Crippen molar-refractivity contribution in [2.75, 3.05) is 13.1 Å².